The van der Waals surface area contributed by atoms with E-state index in [1.807, 2.05) is 18.2 Å². The lowest BCUT2D eigenvalue weighted by atomic mass is 10.2. The standard InChI is InChI=1S/C19H18N4O3/c1-12(24)19-22-16-5-3-4-6-17(16)23(19)11-18(26)21-15-9-7-14(8-10-15)20-13(2)25/h3-10H,11H2,1-2H3,(H,20,25)(H,21,26). The molecule has 1 heterocycles. The van der Waals surface area contributed by atoms with Gasteiger partial charge in [-0.3, -0.25) is 14.4 Å². The lowest BCUT2D eigenvalue weighted by Gasteiger charge is -2.09. The van der Waals surface area contributed by atoms with Crippen LogP contribution in [-0.2, 0) is 16.1 Å². The minimum absolute atomic E-state index is 0.0249. The van der Waals surface area contributed by atoms with Gasteiger partial charge in [0, 0.05) is 25.2 Å². The van der Waals surface area contributed by atoms with Gasteiger partial charge < -0.3 is 15.2 Å². The van der Waals surface area contributed by atoms with E-state index in [2.05, 4.69) is 15.6 Å². The van der Waals surface area contributed by atoms with Crippen LogP contribution in [0.25, 0.3) is 11.0 Å². The van der Waals surface area contributed by atoms with E-state index in [4.69, 9.17) is 0 Å². The highest BCUT2D eigenvalue weighted by molar-refractivity contribution is 5.97. The fourth-order valence-electron chi connectivity index (χ4n) is 2.69. The Morgan fingerprint density at radius 2 is 1.54 bits per heavy atom. The summed E-state index contributed by atoms with van der Waals surface area (Å²) in [7, 11) is 0. The average molecular weight is 350 g/mol. The summed E-state index contributed by atoms with van der Waals surface area (Å²) in [5.41, 5.74) is 2.65. The quantitative estimate of drug-likeness (QED) is 0.692. The van der Waals surface area contributed by atoms with Gasteiger partial charge in [-0.2, -0.15) is 0 Å². The van der Waals surface area contributed by atoms with Gasteiger partial charge in [-0.1, -0.05) is 12.1 Å². The predicted molar refractivity (Wildman–Crippen MR) is 99.1 cm³/mol. The number of Topliss-reactive ketones (excluding diaryl/α,β-unsaturated/α-hetero) is 1. The van der Waals surface area contributed by atoms with Crippen LogP contribution in [0.5, 0.6) is 0 Å². The molecule has 0 spiro atoms. The summed E-state index contributed by atoms with van der Waals surface area (Å²) < 4.78 is 1.61. The van der Waals surface area contributed by atoms with E-state index in [1.54, 1.807) is 34.9 Å². The highest BCUT2D eigenvalue weighted by atomic mass is 16.2. The second kappa shape index (κ2) is 7.18. The van der Waals surface area contributed by atoms with Crippen molar-refractivity contribution < 1.29 is 14.4 Å². The molecule has 0 aliphatic carbocycles. The Morgan fingerprint density at radius 3 is 2.15 bits per heavy atom. The molecule has 0 radical (unpaired) electrons. The number of rotatable bonds is 5. The number of benzene rings is 2. The maximum atomic E-state index is 12.4. The monoisotopic (exact) mass is 350 g/mol. The van der Waals surface area contributed by atoms with Gasteiger partial charge in [0.15, 0.2) is 11.6 Å². The third-order valence-corrected chi connectivity index (χ3v) is 3.76. The van der Waals surface area contributed by atoms with Crippen molar-refractivity contribution in [1.82, 2.24) is 9.55 Å². The van der Waals surface area contributed by atoms with Crippen molar-refractivity contribution in [3.8, 4) is 0 Å². The normalized spacial score (nSPS) is 10.5. The largest absolute Gasteiger partial charge is 0.326 e. The molecular weight excluding hydrogens is 332 g/mol. The zero-order chi connectivity index (χ0) is 18.7. The number of hydrogen-bond donors (Lipinski definition) is 2. The van der Waals surface area contributed by atoms with Gasteiger partial charge in [-0.05, 0) is 36.4 Å². The van der Waals surface area contributed by atoms with E-state index in [-0.39, 0.29) is 30.0 Å². The number of fused-ring (bicyclic) bond motifs is 1. The van der Waals surface area contributed by atoms with Crippen molar-refractivity contribution in [3.05, 3.63) is 54.4 Å². The average Bonchev–Trinajstić information content (AvgIpc) is 2.95. The van der Waals surface area contributed by atoms with E-state index in [0.717, 1.165) is 5.52 Å². The van der Waals surface area contributed by atoms with E-state index < -0.39 is 0 Å². The molecular formula is C19H18N4O3. The van der Waals surface area contributed by atoms with Crippen molar-refractivity contribution in [2.45, 2.75) is 20.4 Å². The Bertz CT molecular complexity index is 990. The van der Waals surface area contributed by atoms with Gasteiger partial charge in [0.1, 0.15) is 6.54 Å². The molecule has 2 N–H and O–H groups in total. The molecule has 3 rings (SSSR count). The van der Waals surface area contributed by atoms with Crippen LogP contribution < -0.4 is 10.6 Å². The number of nitrogens with zero attached hydrogens (tertiary/aromatic N) is 2. The third-order valence-electron chi connectivity index (χ3n) is 3.76. The number of amides is 2. The Kier molecular flexibility index (Phi) is 4.79. The third kappa shape index (κ3) is 3.77. The predicted octanol–water partition coefficient (Wildman–Crippen LogP) is 2.84. The summed E-state index contributed by atoms with van der Waals surface area (Å²) in [6.07, 6.45) is 0. The minimum Gasteiger partial charge on any atom is -0.326 e. The fraction of sp³-hybridized carbons (Fsp3) is 0.158. The molecule has 0 fully saturated rings. The van der Waals surface area contributed by atoms with Gasteiger partial charge in [0.2, 0.25) is 11.8 Å². The second-order valence-corrected chi connectivity index (χ2v) is 5.87. The first-order chi connectivity index (χ1) is 12.4. The molecule has 3 aromatic rings. The van der Waals surface area contributed by atoms with E-state index >= 15 is 0 Å². The molecule has 0 aliphatic heterocycles. The Balaban J connectivity index is 1.78. The highest BCUT2D eigenvalue weighted by Crippen LogP contribution is 2.17. The molecule has 2 aromatic carbocycles. The Morgan fingerprint density at radius 1 is 0.923 bits per heavy atom. The summed E-state index contributed by atoms with van der Waals surface area (Å²) in [6, 6.07) is 14.1. The molecule has 132 valence electrons. The highest BCUT2D eigenvalue weighted by Gasteiger charge is 2.16. The van der Waals surface area contributed by atoms with Gasteiger partial charge in [0.25, 0.3) is 0 Å². The molecule has 0 saturated carbocycles. The van der Waals surface area contributed by atoms with E-state index in [9.17, 15) is 14.4 Å². The van der Waals surface area contributed by atoms with Crippen LogP contribution >= 0.6 is 0 Å². The molecule has 0 unspecified atom stereocenters. The van der Waals surface area contributed by atoms with Crippen LogP contribution in [0.3, 0.4) is 0 Å². The zero-order valence-electron chi connectivity index (χ0n) is 14.4. The summed E-state index contributed by atoms with van der Waals surface area (Å²) in [6.45, 7) is 2.83. The number of para-hydroxylation sites is 2. The van der Waals surface area contributed by atoms with Crippen molar-refractivity contribution in [1.29, 1.82) is 0 Å². The summed E-state index contributed by atoms with van der Waals surface area (Å²) in [5.74, 6) is -0.385. The number of nitrogens with one attached hydrogen (secondary N) is 2. The number of carbonyl (C=O) groups excluding carboxylic acids is 3. The molecule has 0 saturated heterocycles. The topological polar surface area (TPSA) is 93.1 Å². The van der Waals surface area contributed by atoms with Crippen LogP contribution in [0.15, 0.2) is 48.5 Å². The molecule has 2 amide bonds. The maximum Gasteiger partial charge on any atom is 0.244 e. The van der Waals surface area contributed by atoms with Crippen LogP contribution in [0, 0.1) is 0 Å². The first-order valence-electron chi connectivity index (χ1n) is 8.08. The fourth-order valence-corrected chi connectivity index (χ4v) is 2.69. The lowest BCUT2D eigenvalue weighted by molar-refractivity contribution is -0.117. The van der Waals surface area contributed by atoms with E-state index in [0.29, 0.717) is 16.9 Å². The molecule has 0 bridgehead atoms. The number of imidazole rings is 1. The van der Waals surface area contributed by atoms with E-state index in [1.165, 1.54) is 13.8 Å². The minimum atomic E-state index is -0.275. The SMILES string of the molecule is CC(=O)Nc1ccc(NC(=O)Cn2c(C(C)=O)nc3ccccc32)cc1. The number of hydrogen-bond acceptors (Lipinski definition) is 4. The molecule has 26 heavy (non-hydrogen) atoms. The number of anilines is 2. The van der Waals surface area contributed by atoms with Gasteiger partial charge in [-0.25, -0.2) is 4.98 Å². The first kappa shape index (κ1) is 17.3. The number of carbonyl (C=O) groups is 3. The molecule has 0 aliphatic rings. The van der Waals surface area contributed by atoms with Crippen molar-refractivity contribution in [2.24, 2.45) is 0 Å². The summed E-state index contributed by atoms with van der Waals surface area (Å²) in [4.78, 5) is 39.6. The van der Waals surface area contributed by atoms with Gasteiger partial charge >= 0.3 is 0 Å². The smallest absolute Gasteiger partial charge is 0.244 e. The number of aromatic nitrogens is 2. The Labute approximate surface area is 150 Å². The Hall–Kier alpha value is -3.48. The van der Waals surface area contributed by atoms with Crippen molar-refractivity contribution in [2.75, 3.05) is 10.6 Å². The number of ketones is 1. The van der Waals surface area contributed by atoms with Crippen molar-refractivity contribution >= 4 is 40.0 Å². The maximum absolute atomic E-state index is 12.4. The second-order valence-electron chi connectivity index (χ2n) is 5.87. The van der Waals surface area contributed by atoms with Crippen molar-refractivity contribution in [3.63, 3.8) is 0 Å². The molecule has 7 nitrogen and oxygen atoms in total. The van der Waals surface area contributed by atoms with Crippen LogP contribution in [0.1, 0.15) is 24.5 Å². The van der Waals surface area contributed by atoms with Gasteiger partial charge in [0.05, 0.1) is 11.0 Å². The van der Waals surface area contributed by atoms with Gasteiger partial charge in [-0.15, -0.1) is 0 Å². The zero-order valence-corrected chi connectivity index (χ0v) is 14.4. The lowest BCUT2D eigenvalue weighted by Crippen LogP contribution is -2.21. The molecule has 7 heteroatoms. The first-order valence-corrected chi connectivity index (χ1v) is 8.08. The van der Waals surface area contributed by atoms with Crippen LogP contribution in [0.2, 0.25) is 0 Å². The van der Waals surface area contributed by atoms with Crippen LogP contribution in [0.4, 0.5) is 11.4 Å². The molecule has 1 aromatic heterocycles. The summed E-state index contributed by atoms with van der Waals surface area (Å²) in [5, 5.41) is 5.44. The molecule has 0 atom stereocenters. The summed E-state index contributed by atoms with van der Waals surface area (Å²) >= 11 is 0. The van der Waals surface area contributed by atoms with Crippen LogP contribution in [-0.4, -0.2) is 27.1 Å².